The van der Waals surface area contributed by atoms with Crippen LogP contribution >= 0.6 is 0 Å². The lowest BCUT2D eigenvalue weighted by molar-refractivity contribution is -0.301. The van der Waals surface area contributed by atoms with Gasteiger partial charge < -0.3 is 39.0 Å². The van der Waals surface area contributed by atoms with E-state index in [4.69, 9.17) is 23.7 Å². The maximum Gasteiger partial charge on any atom is 0.335 e. The van der Waals surface area contributed by atoms with E-state index in [1.54, 1.807) is 0 Å². The Kier molecular flexibility index (Phi) is 47.9. The SMILES string of the molecule is CC/C=C\C/C=C\C/C=C\C/C=C\C/C=C\C/C=C\CCC(=O)OC1C(OCC(COC(=O)CCCCCC/C=C\C/C=C\C/C=C\C/C=C\CC)OC(=O)CCCCC/C=C\C/C=C\C/C=C\CC)OC(C(=O)O)C(O)C1O. The smallest absolute Gasteiger partial charge is 0.335 e. The molecule has 12 nitrogen and oxygen atoms in total. The van der Waals surface area contributed by atoms with Crippen LogP contribution in [-0.4, -0.2) is 89.2 Å². The van der Waals surface area contributed by atoms with Crippen LogP contribution in [0, 0.1) is 0 Å². The Labute approximate surface area is 475 Å². The van der Waals surface area contributed by atoms with Gasteiger partial charge in [0.05, 0.1) is 6.61 Å². The molecular weight excluding hydrogens is 997 g/mol. The molecule has 6 unspecified atom stereocenters. The average molecular weight is 1100 g/mol. The zero-order valence-electron chi connectivity index (χ0n) is 48.3. The van der Waals surface area contributed by atoms with E-state index in [0.29, 0.717) is 25.7 Å². The Morgan fingerprint density at radius 1 is 0.418 bits per heavy atom. The topological polar surface area (TPSA) is 175 Å². The molecule has 79 heavy (non-hydrogen) atoms. The Hall–Kier alpha value is -5.66. The fourth-order valence-corrected chi connectivity index (χ4v) is 7.69. The van der Waals surface area contributed by atoms with Gasteiger partial charge in [0.2, 0.25) is 0 Å². The third kappa shape index (κ3) is 42.9. The molecule has 1 rings (SSSR count). The van der Waals surface area contributed by atoms with Crippen LogP contribution in [0.5, 0.6) is 0 Å². The Morgan fingerprint density at radius 2 is 0.785 bits per heavy atom. The zero-order valence-corrected chi connectivity index (χ0v) is 48.3. The van der Waals surface area contributed by atoms with E-state index in [-0.39, 0.29) is 25.9 Å². The Balaban J connectivity index is 2.77. The van der Waals surface area contributed by atoms with Gasteiger partial charge in [0, 0.05) is 19.3 Å². The molecule has 0 aliphatic carbocycles. The van der Waals surface area contributed by atoms with Gasteiger partial charge in [-0.1, -0.05) is 198 Å². The second-order valence-electron chi connectivity index (χ2n) is 19.1. The highest BCUT2D eigenvalue weighted by atomic mass is 16.7. The van der Waals surface area contributed by atoms with Gasteiger partial charge in [-0.3, -0.25) is 14.4 Å². The summed E-state index contributed by atoms with van der Waals surface area (Å²) < 4.78 is 28.3. The van der Waals surface area contributed by atoms with E-state index in [1.807, 2.05) is 18.2 Å². The summed E-state index contributed by atoms with van der Waals surface area (Å²) in [6, 6.07) is 0. The number of rotatable bonds is 47. The molecule has 3 N–H and O–H groups in total. The first kappa shape index (κ1) is 71.4. The van der Waals surface area contributed by atoms with Gasteiger partial charge in [-0.15, -0.1) is 0 Å². The van der Waals surface area contributed by atoms with Crippen molar-refractivity contribution in [1.29, 1.82) is 0 Å². The molecule has 1 saturated heterocycles. The largest absolute Gasteiger partial charge is 0.479 e. The molecule has 0 aromatic heterocycles. The Bertz CT molecular complexity index is 1980. The number of aliphatic hydroxyl groups is 2. The van der Waals surface area contributed by atoms with Crippen LogP contribution in [-0.2, 0) is 42.9 Å². The number of esters is 3. The predicted octanol–water partition coefficient (Wildman–Crippen LogP) is 15.3. The zero-order chi connectivity index (χ0) is 57.5. The maximum absolute atomic E-state index is 13.1. The number of hydrogen-bond acceptors (Lipinski definition) is 11. The highest BCUT2D eigenvalue weighted by Crippen LogP contribution is 2.26. The van der Waals surface area contributed by atoms with E-state index in [1.165, 1.54) is 0 Å². The van der Waals surface area contributed by atoms with Crippen molar-refractivity contribution in [2.75, 3.05) is 13.2 Å². The van der Waals surface area contributed by atoms with Crippen molar-refractivity contribution >= 4 is 23.9 Å². The summed E-state index contributed by atoms with van der Waals surface area (Å²) in [6.07, 6.45) is 65.1. The predicted molar refractivity (Wildman–Crippen MR) is 321 cm³/mol. The summed E-state index contributed by atoms with van der Waals surface area (Å²) in [4.78, 5) is 51.1. The molecule has 0 saturated carbocycles. The number of carboxylic acids is 1. The van der Waals surface area contributed by atoms with Crippen molar-refractivity contribution in [3.63, 3.8) is 0 Å². The van der Waals surface area contributed by atoms with Gasteiger partial charge in [-0.2, -0.15) is 0 Å². The molecule has 0 aromatic carbocycles. The molecule has 12 heteroatoms. The highest BCUT2D eigenvalue weighted by molar-refractivity contribution is 5.74. The van der Waals surface area contributed by atoms with Crippen molar-refractivity contribution in [3.8, 4) is 0 Å². The summed E-state index contributed by atoms with van der Waals surface area (Å²) in [5.74, 6) is -3.33. The number of carbonyl (C=O) groups excluding carboxylic acids is 3. The molecule has 1 aliphatic heterocycles. The molecule has 0 spiro atoms. The molecular formula is C67H100O12. The fourth-order valence-electron chi connectivity index (χ4n) is 7.69. The third-order valence-electron chi connectivity index (χ3n) is 12.1. The third-order valence-corrected chi connectivity index (χ3v) is 12.1. The summed E-state index contributed by atoms with van der Waals surface area (Å²) in [5.41, 5.74) is 0. The lowest BCUT2D eigenvalue weighted by Crippen LogP contribution is -2.61. The minimum atomic E-state index is -1.95. The molecule has 1 fully saturated rings. The number of hydrogen-bond donors (Lipinski definition) is 3. The molecule has 1 aliphatic rings. The maximum atomic E-state index is 13.1. The second-order valence-corrected chi connectivity index (χ2v) is 19.1. The van der Waals surface area contributed by atoms with Gasteiger partial charge in [0.25, 0.3) is 0 Å². The van der Waals surface area contributed by atoms with Gasteiger partial charge in [0.15, 0.2) is 24.6 Å². The van der Waals surface area contributed by atoms with Crippen LogP contribution in [0.1, 0.15) is 188 Å². The number of carboxylic acid groups (broad SMARTS) is 1. The van der Waals surface area contributed by atoms with E-state index in [0.717, 1.165) is 122 Å². The molecule has 0 radical (unpaired) electrons. The van der Waals surface area contributed by atoms with E-state index >= 15 is 0 Å². The minimum absolute atomic E-state index is 0.0805. The standard InChI is InChI=1S/C67H100O12/c1-4-7-10-13-16-19-22-25-27-29-30-32-34-37-40-43-46-49-52-55-61(70)78-65-63(72)62(71)64(66(73)74)79-67(65)76-57-58(77-60(69)54-51-48-45-42-39-35-24-21-18-15-12-9-6-3)56-75-59(68)53-50-47-44-41-38-36-33-31-28-26-23-20-17-14-11-8-5-2/h7-12,16-21,25-28,30,32-33,35-37,39-40,46,49,58,62-65,67,71-72H,4-6,13-15,22-24,29,31,34,38,41-45,47-48,50-57H2,1-3H3,(H,73,74)/b10-7-,11-8-,12-9-,19-16-,20-17-,21-18-,27-25-,28-26-,32-30-,36-33-,39-35-,40-37-,49-46-. The van der Waals surface area contributed by atoms with Gasteiger partial charge in [0.1, 0.15) is 18.8 Å². The number of ether oxygens (including phenoxy) is 5. The minimum Gasteiger partial charge on any atom is -0.479 e. The highest BCUT2D eigenvalue weighted by Gasteiger charge is 2.50. The molecule has 1 heterocycles. The van der Waals surface area contributed by atoms with E-state index in [9.17, 15) is 34.5 Å². The number of carbonyl (C=O) groups is 4. The summed E-state index contributed by atoms with van der Waals surface area (Å²) >= 11 is 0. The van der Waals surface area contributed by atoms with Crippen LogP contribution < -0.4 is 0 Å². The van der Waals surface area contributed by atoms with Crippen molar-refractivity contribution in [3.05, 3.63) is 158 Å². The summed E-state index contributed by atoms with van der Waals surface area (Å²) in [7, 11) is 0. The molecule has 6 atom stereocenters. The lowest BCUT2D eigenvalue weighted by atomic mass is 9.98. The number of aliphatic hydroxyl groups excluding tert-OH is 2. The van der Waals surface area contributed by atoms with Crippen molar-refractivity contribution in [1.82, 2.24) is 0 Å². The normalized spacial score (nSPS) is 19.0. The van der Waals surface area contributed by atoms with Crippen LogP contribution in [0.2, 0.25) is 0 Å². The monoisotopic (exact) mass is 1100 g/mol. The molecule has 0 bridgehead atoms. The van der Waals surface area contributed by atoms with Crippen LogP contribution in [0.25, 0.3) is 0 Å². The molecule has 0 amide bonds. The second kappa shape index (κ2) is 53.0. The lowest BCUT2D eigenvalue weighted by Gasteiger charge is -2.40. The van der Waals surface area contributed by atoms with E-state index in [2.05, 4.69) is 161 Å². The van der Waals surface area contributed by atoms with Crippen LogP contribution in [0.3, 0.4) is 0 Å². The molecule has 440 valence electrons. The van der Waals surface area contributed by atoms with Crippen LogP contribution in [0.15, 0.2) is 158 Å². The van der Waals surface area contributed by atoms with Crippen molar-refractivity contribution in [2.24, 2.45) is 0 Å². The first-order valence-electron chi connectivity index (χ1n) is 29.5. The molecule has 0 aromatic rings. The van der Waals surface area contributed by atoms with Crippen molar-refractivity contribution < 1.29 is 58.2 Å². The first-order valence-corrected chi connectivity index (χ1v) is 29.5. The summed E-state index contributed by atoms with van der Waals surface area (Å²) in [6.45, 7) is 5.55. The summed E-state index contributed by atoms with van der Waals surface area (Å²) in [5, 5.41) is 31.5. The van der Waals surface area contributed by atoms with E-state index < -0.39 is 67.3 Å². The number of aliphatic carboxylic acids is 1. The van der Waals surface area contributed by atoms with Gasteiger partial charge in [-0.25, -0.2) is 4.79 Å². The van der Waals surface area contributed by atoms with Crippen molar-refractivity contribution in [2.45, 2.75) is 225 Å². The number of allylic oxidation sites excluding steroid dienone is 26. The number of unbranched alkanes of at least 4 members (excludes halogenated alkanes) is 7. The van der Waals surface area contributed by atoms with Crippen LogP contribution in [0.4, 0.5) is 0 Å². The van der Waals surface area contributed by atoms with Gasteiger partial charge >= 0.3 is 23.9 Å². The van der Waals surface area contributed by atoms with Gasteiger partial charge in [-0.05, 0) is 128 Å². The fraction of sp³-hybridized carbons (Fsp3) is 0.552. The first-order chi connectivity index (χ1) is 38.6. The average Bonchev–Trinajstić information content (AvgIpc) is 3.46. The Morgan fingerprint density at radius 3 is 1.20 bits per heavy atom. The quantitative estimate of drug-likeness (QED) is 0.0228.